The van der Waals surface area contributed by atoms with E-state index in [2.05, 4.69) is 21.9 Å². The molecule has 158 valence electrons. The maximum Gasteiger partial charge on any atom is 0.412 e. The number of fused-ring (bicyclic) bond motifs is 1. The van der Waals surface area contributed by atoms with Crippen LogP contribution in [0.25, 0.3) is 33.2 Å². The van der Waals surface area contributed by atoms with Crippen LogP contribution in [-0.2, 0) is 4.79 Å². The van der Waals surface area contributed by atoms with Crippen molar-refractivity contribution >= 4 is 40.2 Å². The number of halogens is 1. The predicted molar refractivity (Wildman–Crippen MR) is 124 cm³/mol. The molecule has 2 amide bonds. The maximum absolute atomic E-state index is 11.7. The Morgan fingerprint density at radius 2 is 1.84 bits per heavy atom. The Balaban J connectivity index is 1.94. The summed E-state index contributed by atoms with van der Waals surface area (Å²) in [6, 6.07) is 18.4. The number of carbonyl (C=O) groups excluding carboxylic acids is 2. The molecule has 0 aliphatic carbocycles. The van der Waals surface area contributed by atoms with Crippen LogP contribution in [0.15, 0.2) is 79.5 Å². The number of hydrogen-bond donors (Lipinski definition) is 2. The number of ether oxygens (including phenoxy) is 1. The van der Waals surface area contributed by atoms with Crippen LogP contribution in [0.3, 0.4) is 0 Å². The van der Waals surface area contributed by atoms with E-state index in [0.29, 0.717) is 21.6 Å². The monoisotopic (exact) mass is 444 g/mol. The number of aromatic nitrogens is 2. The van der Waals surface area contributed by atoms with Gasteiger partial charge in [0.2, 0.25) is 5.91 Å². The van der Waals surface area contributed by atoms with Crippen molar-refractivity contribution in [2.24, 2.45) is 5.73 Å². The van der Waals surface area contributed by atoms with E-state index < -0.39 is 6.09 Å². The molecular formula is C24H17ClN4O3. The van der Waals surface area contributed by atoms with Crippen LogP contribution >= 0.6 is 11.6 Å². The molecule has 0 radical (unpaired) electrons. The first-order valence-electron chi connectivity index (χ1n) is 9.51. The standard InChI is InChI=1S/C24H17ClN4O3/c1-2-21(30)28-17-7-5-6-14(11-17)19-12-15(18-8-3-4-9-20(18)25)10-16-13-27-24(29-22(16)19)32-23(26)31/h2-13H,1H2,(H2,26,31)(H,28,30). The number of nitrogens with zero attached hydrogens (tertiary/aromatic N) is 2. The minimum absolute atomic E-state index is 0.159. The van der Waals surface area contributed by atoms with Crippen LogP contribution in [-0.4, -0.2) is 22.0 Å². The average molecular weight is 445 g/mol. The van der Waals surface area contributed by atoms with Crippen LogP contribution in [0.1, 0.15) is 0 Å². The molecule has 3 aromatic carbocycles. The Labute approximate surface area is 188 Å². The first-order valence-corrected chi connectivity index (χ1v) is 9.89. The van der Waals surface area contributed by atoms with Crippen LogP contribution in [0.5, 0.6) is 6.01 Å². The highest BCUT2D eigenvalue weighted by atomic mass is 35.5. The first kappa shape index (κ1) is 21.0. The van der Waals surface area contributed by atoms with E-state index in [-0.39, 0.29) is 11.9 Å². The van der Waals surface area contributed by atoms with Gasteiger partial charge in [-0.05, 0) is 47.5 Å². The second-order valence-electron chi connectivity index (χ2n) is 6.79. The largest absolute Gasteiger partial charge is 0.412 e. The molecule has 1 aromatic heterocycles. The second kappa shape index (κ2) is 8.87. The molecule has 32 heavy (non-hydrogen) atoms. The van der Waals surface area contributed by atoms with E-state index in [4.69, 9.17) is 22.1 Å². The van der Waals surface area contributed by atoms with Crippen molar-refractivity contribution in [3.05, 3.63) is 84.5 Å². The number of nitrogens with two attached hydrogens (primary N) is 1. The Kier molecular flexibility index (Phi) is 5.83. The zero-order chi connectivity index (χ0) is 22.7. The van der Waals surface area contributed by atoms with Crippen molar-refractivity contribution in [2.45, 2.75) is 0 Å². The van der Waals surface area contributed by atoms with E-state index in [9.17, 15) is 9.59 Å². The van der Waals surface area contributed by atoms with E-state index in [0.717, 1.165) is 22.3 Å². The molecule has 0 aliphatic rings. The number of nitrogens with one attached hydrogen (secondary N) is 1. The van der Waals surface area contributed by atoms with Gasteiger partial charge in [-0.1, -0.05) is 48.5 Å². The quantitative estimate of drug-likeness (QED) is 0.411. The molecule has 7 nitrogen and oxygen atoms in total. The van der Waals surface area contributed by atoms with Gasteiger partial charge in [0.05, 0.1) is 5.52 Å². The predicted octanol–water partition coefficient (Wildman–Crippen LogP) is 5.20. The molecule has 0 aliphatic heterocycles. The van der Waals surface area contributed by atoms with E-state index >= 15 is 0 Å². The molecule has 0 fully saturated rings. The van der Waals surface area contributed by atoms with Gasteiger partial charge < -0.3 is 15.8 Å². The number of hydrogen-bond acceptors (Lipinski definition) is 5. The summed E-state index contributed by atoms with van der Waals surface area (Å²) < 4.78 is 4.87. The van der Waals surface area contributed by atoms with Crippen LogP contribution in [0.2, 0.25) is 5.02 Å². The summed E-state index contributed by atoms with van der Waals surface area (Å²) in [5.41, 5.74) is 9.43. The summed E-state index contributed by atoms with van der Waals surface area (Å²) in [5, 5.41) is 4.05. The fraction of sp³-hybridized carbons (Fsp3) is 0. The topological polar surface area (TPSA) is 107 Å². The number of rotatable bonds is 5. The molecule has 4 rings (SSSR count). The van der Waals surface area contributed by atoms with Gasteiger partial charge in [0.15, 0.2) is 0 Å². The second-order valence-corrected chi connectivity index (χ2v) is 7.20. The normalized spacial score (nSPS) is 10.5. The Morgan fingerprint density at radius 1 is 1.03 bits per heavy atom. The molecule has 0 unspecified atom stereocenters. The van der Waals surface area contributed by atoms with Crippen molar-refractivity contribution in [1.29, 1.82) is 0 Å². The number of amides is 2. The smallest absolute Gasteiger partial charge is 0.374 e. The van der Waals surface area contributed by atoms with Crippen molar-refractivity contribution in [3.63, 3.8) is 0 Å². The summed E-state index contributed by atoms with van der Waals surface area (Å²) in [6.45, 7) is 3.47. The molecule has 3 N–H and O–H groups in total. The van der Waals surface area contributed by atoms with E-state index in [1.165, 1.54) is 6.08 Å². The van der Waals surface area contributed by atoms with Gasteiger partial charge in [-0.15, -0.1) is 0 Å². The third kappa shape index (κ3) is 4.43. The Morgan fingerprint density at radius 3 is 2.59 bits per heavy atom. The summed E-state index contributed by atoms with van der Waals surface area (Å²) in [4.78, 5) is 31.4. The first-order chi connectivity index (χ1) is 15.4. The molecular weight excluding hydrogens is 428 g/mol. The summed E-state index contributed by atoms with van der Waals surface area (Å²) in [5.74, 6) is -0.323. The molecule has 0 bridgehead atoms. The van der Waals surface area contributed by atoms with Crippen LogP contribution < -0.4 is 15.8 Å². The van der Waals surface area contributed by atoms with Gasteiger partial charge in [-0.2, -0.15) is 4.98 Å². The molecule has 8 heteroatoms. The number of carbonyl (C=O) groups is 2. The van der Waals surface area contributed by atoms with Gasteiger partial charge in [0.1, 0.15) is 0 Å². The van der Waals surface area contributed by atoms with E-state index in [1.807, 2.05) is 54.6 Å². The van der Waals surface area contributed by atoms with Gasteiger partial charge in [0, 0.05) is 33.4 Å². The van der Waals surface area contributed by atoms with Crippen LogP contribution in [0.4, 0.5) is 10.5 Å². The van der Waals surface area contributed by atoms with Gasteiger partial charge in [0.25, 0.3) is 0 Å². The highest BCUT2D eigenvalue weighted by Crippen LogP contribution is 2.36. The third-order valence-electron chi connectivity index (χ3n) is 4.66. The Hall–Kier alpha value is -4.23. The fourth-order valence-corrected chi connectivity index (χ4v) is 3.54. The summed E-state index contributed by atoms with van der Waals surface area (Å²) >= 11 is 6.43. The third-order valence-corrected chi connectivity index (χ3v) is 4.99. The van der Waals surface area contributed by atoms with Crippen molar-refractivity contribution in [3.8, 4) is 28.3 Å². The van der Waals surface area contributed by atoms with E-state index in [1.54, 1.807) is 12.3 Å². The molecule has 0 atom stereocenters. The lowest BCUT2D eigenvalue weighted by molar-refractivity contribution is -0.111. The van der Waals surface area contributed by atoms with Crippen LogP contribution in [0, 0.1) is 0 Å². The van der Waals surface area contributed by atoms with Crippen molar-refractivity contribution in [1.82, 2.24) is 9.97 Å². The zero-order valence-corrected chi connectivity index (χ0v) is 17.5. The van der Waals surface area contributed by atoms with Crippen molar-refractivity contribution in [2.75, 3.05) is 5.32 Å². The van der Waals surface area contributed by atoms with Gasteiger partial charge >= 0.3 is 12.1 Å². The molecule has 4 aromatic rings. The molecule has 1 heterocycles. The lowest BCUT2D eigenvalue weighted by Gasteiger charge is -2.13. The minimum atomic E-state index is -1.01. The maximum atomic E-state index is 11.7. The SMILES string of the molecule is C=CC(=O)Nc1cccc(-c2cc(-c3ccccc3Cl)cc3cnc(OC(N)=O)nc23)c1. The fourth-order valence-electron chi connectivity index (χ4n) is 3.30. The molecule has 0 saturated heterocycles. The lowest BCUT2D eigenvalue weighted by atomic mass is 9.96. The highest BCUT2D eigenvalue weighted by Gasteiger charge is 2.14. The lowest BCUT2D eigenvalue weighted by Crippen LogP contribution is -2.17. The average Bonchev–Trinajstić information content (AvgIpc) is 2.78. The minimum Gasteiger partial charge on any atom is -0.374 e. The summed E-state index contributed by atoms with van der Waals surface area (Å²) in [7, 11) is 0. The van der Waals surface area contributed by atoms with Crippen molar-refractivity contribution < 1.29 is 14.3 Å². The number of anilines is 1. The Bertz CT molecular complexity index is 1370. The number of benzene rings is 3. The zero-order valence-electron chi connectivity index (χ0n) is 16.7. The molecule has 0 saturated carbocycles. The van der Waals surface area contributed by atoms with Gasteiger partial charge in [-0.3, -0.25) is 4.79 Å². The summed E-state index contributed by atoms with van der Waals surface area (Å²) in [6.07, 6.45) is 1.74. The highest BCUT2D eigenvalue weighted by molar-refractivity contribution is 6.33. The molecule has 0 spiro atoms. The number of primary amides is 1. The van der Waals surface area contributed by atoms with Gasteiger partial charge in [-0.25, -0.2) is 9.78 Å².